The molecule has 118 valence electrons. The van der Waals surface area contributed by atoms with E-state index in [2.05, 4.69) is 72.6 Å². The second-order valence-electron chi connectivity index (χ2n) is 6.46. The summed E-state index contributed by atoms with van der Waals surface area (Å²) in [6.45, 7) is 11.4. The van der Waals surface area contributed by atoms with Gasteiger partial charge in [-0.25, -0.2) is 0 Å². The van der Waals surface area contributed by atoms with Crippen molar-refractivity contribution in [3.63, 3.8) is 0 Å². The summed E-state index contributed by atoms with van der Waals surface area (Å²) < 4.78 is 1.25. The monoisotopic (exact) mass is 420 g/mol. The summed E-state index contributed by atoms with van der Waals surface area (Å²) in [4.78, 5) is 2.59. The van der Waals surface area contributed by atoms with E-state index >= 15 is 0 Å². The molecule has 3 atom stereocenters. The van der Waals surface area contributed by atoms with Crippen molar-refractivity contribution in [2.75, 3.05) is 18.0 Å². The average molecular weight is 421 g/mol. The van der Waals surface area contributed by atoms with Crippen molar-refractivity contribution < 1.29 is 0 Å². The number of halogens is 2. The third-order valence-electron chi connectivity index (χ3n) is 4.70. The van der Waals surface area contributed by atoms with Crippen LogP contribution >= 0.6 is 34.2 Å². The smallest absolute Gasteiger partial charge is 0.0506 e. The van der Waals surface area contributed by atoms with Crippen LogP contribution in [-0.4, -0.2) is 25.2 Å². The first-order chi connectivity index (χ1) is 9.93. The fourth-order valence-corrected chi connectivity index (χ4v) is 4.23. The molecule has 3 unspecified atom stereocenters. The molecule has 4 heteroatoms. The Morgan fingerprint density at radius 3 is 2.67 bits per heavy atom. The lowest BCUT2D eigenvalue weighted by Gasteiger charge is -2.45. The van der Waals surface area contributed by atoms with Crippen LogP contribution in [0.2, 0.25) is 5.02 Å². The number of nitrogens with zero attached hydrogens (tertiary/aromatic N) is 1. The van der Waals surface area contributed by atoms with Gasteiger partial charge in [0.15, 0.2) is 0 Å². The third-order valence-corrected chi connectivity index (χ3v) is 5.80. The van der Waals surface area contributed by atoms with E-state index in [0.717, 1.165) is 18.1 Å². The molecule has 2 nitrogen and oxygen atoms in total. The summed E-state index contributed by atoms with van der Waals surface area (Å²) >= 11 is 8.53. The maximum absolute atomic E-state index is 6.12. The lowest BCUT2D eigenvalue weighted by atomic mass is 9.91. The van der Waals surface area contributed by atoms with Gasteiger partial charge in [-0.05, 0) is 52.6 Å². The molecule has 2 rings (SSSR count). The van der Waals surface area contributed by atoms with Crippen LogP contribution in [0.4, 0.5) is 5.69 Å². The molecule has 1 aliphatic heterocycles. The van der Waals surface area contributed by atoms with E-state index in [1.807, 2.05) is 6.07 Å². The molecule has 1 fully saturated rings. The number of rotatable bonds is 4. The summed E-state index contributed by atoms with van der Waals surface area (Å²) in [5.41, 5.74) is 1.33. The lowest BCUT2D eigenvalue weighted by Crippen LogP contribution is -2.60. The molecule has 0 aromatic heterocycles. The van der Waals surface area contributed by atoms with Crippen molar-refractivity contribution in [2.45, 2.75) is 46.2 Å². The Morgan fingerprint density at radius 1 is 1.38 bits per heavy atom. The predicted molar refractivity (Wildman–Crippen MR) is 101 cm³/mol. The van der Waals surface area contributed by atoms with E-state index in [1.165, 1.54) is 15.7 Å². The van der Waals surface area contributed by atoms with Gasteiger partial charge < -0.3 is 10.2 Å². The molecule has 1 aliphatic rings. The van der Waals surface area contributed by atoms with Crippen LogP contribution in [0.5, 0.6) is 0 Å². The Kier molecular flexibility index (Phi) is 6.21. The highest BCUT2D eigenvalue weighted by atomic mass is 127. The Bertz CT molecular complexity index is 478. The molecule has 0 amide bonds. The largest absolute Gasteiger partial charge is 0.365 e. The van der Waals surface area contributed by atoms with Crippen LogP contribution in [-0.2, 0) is 0 Å². The highest BCUT2D eigenvalue weighted by Crippen LogP contribution is 2.31. The van der Waals surface area contributed by atoms with Gasteiger partial charge in [0.25, 0.3) is 0 Å². The molecule has 0 bridgehead atoms. The number of benzene rings is 1. The van der Waals surface area contributed by atoms with Crippen LogP contribution in [0, 0.1) is 15.4 Å². The normalized spacial score (nSPS) is 24.4. The Hall–Kier alpha value is -0.0000000000000000763. The molecule has 0 radical (unpaired) electrons. The molecule has 1 aromatic rings. The van der Waals surface area contributed by atoms with E-state index in [0.29, 0.717) is 23.9 Å². The molecule has 1 N–H and O–H groups in total. The summed E-state index contributed by atoms with van der Waals surface area (Å²) in [7, 11) is 0. The first kappa shape index (κ1) is 17.4. The number of hydrogen-bond donors (Lipinski definition) is 1. The number of piperazine rings is 1. The van der Waals surface area contributed by atoms with Gasteiger partial charge in [0, 0.05) is 33.8 Å². The molecule has 0 spiro atoms. The molecular formula is C17H26ClIN2. The standard InChI is InChI=1S/C17H26ClIN2/c1-5-12(4)15-10-21(17(9-20-15)11(2)3)16-7-6-13(18)8-14(16)19/h6-8,11-12,15,17,20H,5,9-10H2,1-4H3. The van der Waals surface area contributed by atoms with Gasteiger partial charge in [0.05, 0.1) is 5.69 Å². The van der Waals surface area contributed by atoms with Crippen LogP contribution in [0.25, 0.3) is 0 Å². The quantitative estimate of drug-likeness (QED) is 0.704. The van der Waals surface area contributed by atoms with Crippen molar-refractivity contribution in [3.8, 4) is 0 Å². The molecule has 1 aromatic carbocycles. The zero-order chi connectivity index (χ0) is 15.6. The highest BCUT2D eigenvalue weighted by molar-refractivity contribution is 14.1. The van der Waals surface area contributed by atoms with Crippen molar-refractivity contribution in [1.29, 1.82) is 0 Å². The second-order valence-corrected chi connectivity index (χ2v) is 8.06. The van der Waals surface area contributed by atoms with E-state index in [-0.39, 0.29) is 0 Å². The van der Waals surface area contributed by atoms with Gasteiger partial charge in [0.2, 0.25) is 0 Å². The van der Waals surface area contributed by atoms with Crippen LogP contribution in [0.1, 0.15) is 34.1 Å². The lowest BCUT2D eigenvalue weighted by molar-refractivity contribution is 0.281. The van der Waals surface area contributed by atoms with E-state index < -0.39 is 0 Å². The summed E-state index contributed by atoms with van der Waals surface area (Å²) in [6, 6.07) is 7.36. The van der Waals surface area contributed by atoms with E-state index in [4.69, 9.17) is 11.6 Å². The maximum Gasteiger partial charge on any atom is 0.0506 e. The second kappa shape index (κ2) is 7.51. The van der Waals surface area contributed by atoms with Crippen molar-refractivity contribution >= 4 is 39.9 Å². The van der Waals surface area contributed by atoms with Gasteiger partial charge in [-0.15, -0.1) is 0 Å². The fraction of sp³-hybridized carbons (Fsp3) is 0.647. The van der Waals surface area contributed by atoms with Gasteiger partial charge in [-0.1, -0.05) is 45.7 Å². The minimum Gasteiger partial charge on any atom is -0.365 e. The highest BCUT2D eigenvalue weighted by Gasteiger charge is 2.32. The minimum absolute atomic E-state index is 0.542. The Labute approximate surface area is 147 Å². The zero-order valence-corrected chi connectivity index (χ0v) is 16.3. The minimum atomic E-state index is 0.542. The third kappa shape index (κ3) is 4.05. The summed E-state index contributed by atoms with van der Waals surface area (Å²) in [5.74, 6) is 1.33. The van der Waals surface area contributed by atoms with Crippen LogP contribution in [0.3, 0.4) is 0 Å². The summed E-state index contributed by atoms with van der Waals surface area (Å²) in [5, 5.41) is 4.58. The summed E-state index contributed by atoms with van der Waals surface area (Å²) in [6.07, 6.45) is 1.22. The van der Waals surface area contributed by atoms with E-state index in [1.54, 1.807) is 0 Å². The molecule has 1 saturated heterocycles. The molecule has 0 saturated carbocycles. The number of hydrogen-bond acceptors (Lipinski definition) is 2. The van der Waals surface area contributed by atoms with E-state index in [9.17, 15) is 0 Å². The van der Waals surface area contributed by atoms with Gasteiger partial charge in [-0.2, -0.15) is 0 Å². The zero-order valence-electron chi connectivity index (χ0n) is 13.4. The fourth-order valence-electron chi connectivity index (χ4n) is 3.05. The molecule has 21 heavy (non-hydrogen) atoms. The molecular weight excluding hydrogens is 395 g/mol. The number of anilines is 1. The first-order valence-corrected chi connectivity index (χ1v) is 9.34. The van der Waals surface area contributed by atoms with Gasteiger partial charge >= 0.3 is 0 Å². The van der Waals surface area contributed by atoms with Crippen LogP contribution in [0.15, 0.2) is 18.2 Å². The molecule has 0 aliphatic carbocycles. The Balaban J connectivity index is 2.29. The van der Waals surface area contributed by atoms with Crippen molar-refractivity contribution in [3.05, 3.63) is 26.8 Å². The number of nitrogens with one attached hydrogen (secondary N) is 1. The first-order valence-electron chi connectivity index (χ1n) is 7.89. The van der Waals surface area contributed by atoms with Crippen molar-refractivity contribution in [1.82, 2.24) is 5.32 Å². The Morgan fingerprint density at radius 2 is 2.10 bits per heavy atom. The maximum atomic E-state index is 6.12. The predicted octanol–water partition coefficient (Wildman–Crippen LogP) is 4.79. The van der Waals surface area contributed by atoms with Crippen LogP contribution < -0.4 is 10.2 Å². The van der Waals surface area contributed by atoms with Gasteiger partial charge in [-0.3, -0.25) is 0 Å². The SMILES string of the molecule is CCC(C)C1CN(c2ccc(Cl)cc2I)C(C(C)C)CN1. The molecule has 1 heterocycles. The average Bonchev–Trinajstić information content (AvgIpc) is 2.45. The topological polar surface area (TPSA) is 15.3 Å². The van der Waals surface area contributed by atoms with Gasteiger partial charge in [0.1, 0.15) is 0 Å². The van der Waals surface area contributed by atoms with Crippen molar-refractivity contribution in [2.24, 2.45) is 11.8 Å².